The summed E-state index contributed by atoms with van der Waals surface area (Å²) in [6.07, 6.45) is 6.14. The lowest BCUT2D eigenvalue weighted by atomic mass is 10.2. The largest absolute Gasteiger partial charge is 0.376 e. The van der Waals surface area contributed by atoms with Crippen molar-refractivity contribution in [3.8, 4) is 11.4 Å². The van der Waals surface area contributed by atoms with Crippen molar-refractivity contribution >= 4 is 6.21 Å². The quantitative estimate of drug-likeness (QED) is 0.663. The highest BCUT2D eigenvalue weighted by atomic mass is 16.5. The lowest BCUT2D eigenvalue weighted by molar-refractivity contribution is 0.0962. The molecule has 1 saturated heterocycles. The van der Waals surface area contributed by atoms with E-state index in [1.165, 1.54) is 11.4 Å². The van der Waals surface area contributed by atoms with E-state index in [0.717, 1.165) is 42.9 Å². The monoisotopic (exact) mass is 349 g/mol. The van der Waals surface area contributed by atoms with E-state index in [1.807, 2.05) is 36.5 Å². The molecule has 0 spiro atoms. The second-order valence-corrected chi connectivity index (χ2v) is 6.68. The zero-order chi connectivity index (χ0) is 17.9. The van der Waals surface area contributed by atoms with Crippen LogP contribution in [-0.4, -0.2) is 38.4 Å². The van der Waals surface area contributed by atoms with Crippen LogP contribution in [0.1, 0.15) is 29.8 Å². The Labute approximate surface area is 153 Å². The molecule has 26 heavy (non-hydrogen) atoms. The highest BCUT2D eigenvalue weighted by Crippen LogP contribution is 2.20. The average molecular weight is 349 g/mol. The summed E-state index contributed by atoms with van der Waals surface area (Å²) in [5, 5.41) is 12.8. The third-order valence-electron chi connectivity index (χ3n) is 4.91. The summed E-state index contributed by atoms with van der Waals surface area (Å²) in [7, 11) is 0. The maximum atomic E-state index is 5.78. The van der Waals surface area contributed by atoms with Crippen molar-refractivity contribution in [1.82, 2.24) is 19.4 Å². The van der Waals surface area contributed by atoms with Gasteiger partial charge < -0.3 is 9.30 Å². The molecule has 6 heteroatoms. The molecule has 3 heterocycles. The Kier molecular flexibility index (Phi) is 4.67. The molecule has 1 aliphatic heterocycles. The molecule has 0 N–H and O–H groups in total. The standard InChI is InChI=1S/C20H23N5O/c1-15-11-18(16(2)24(15)13-19-9-6-10-26-19)12-22-25-14-21-23-20(25)17-7-4-3-5-8-17/h3-5,7-8,11-12,14,19H,6,9-10,13H2,1-2H3/b22-12-/t19-/m0/s1. The number of aryl methyl sites for hydroxylation is 1. The van der Waals surface area contributed by atoms with Crippen molar-refractivity contribution in [3.63, 3.8) is 0 Å². The summed E-state index contributed by atoms with van der Waals surface area (Å²) in [5.41, 5.74) is 4.53. The molecule has 0 radical (unpaired) electrons. The first-order valence-corrected chi connectivity index (χ1v) is 9.00. The number of benzene rings is 1. The molecule has 0 aliphatic carbocycles. The van der Waals surface area contributed by atoms with Crippen molar-refractivity contribution in [1.29, 1.82) is 0 Å². The van der Waals surface area contributed by atoms with Gasteiger partial charge in [0.05, 0.1) is 12.3 Å². The van der Waals surface area contributed by atoms with Crippen molar-refractivity contribution < 1.29 is 4.74 Å². The molecular formula is C20H23N5O. The summed E-state index contributed by atoms with van der Waals surface area (Å²) in [5.74, 6) is 0.731. The van der Waals surface area contributed by atoms with Gasteiger partial charge >= 0.3 is 0 Å². The van der Waals surface area contributed by atoms with Gasteiger partial charge in [-0.05, 0) is 32.8 Å². The lowest BCUT2D eigenvalue weighted by Gasteiger charge is -2.14. The predicted molar refractivity (Wildman–Crippen MR) is 101 cm³/mol. The Balaban J connectivity index is 1.57. The summed E-state index contributed by atoms with van der Waals surface area (Å²) in [6, 6.07) is 12.1. The number of aromatic nitrogens is 4. The highest BCUT2D eigenvalue weighted by Gasteiger charge is 2.18. The predicted octanol–water partition coefficient (Wildman–Crippen LogP) is 3.42. The fourth-order valence-electron chi connectivity index (χ4n) is 3.45. The van der Waals surface area contributed by atoms with Crippen LogP contribution in [0.25, 0.3) is 11.4 Å². The van der Waals surface area contributed by atoms with Gasteiger partial charge in [0.15, 0.2) is 5.82 Å². The van der Waals surface area contributed by atoms with Gasteiger partial charge in [0.1, 0.15) is 6.33 Å². The first-order chi connectivity index (χ1) is 12.7. The third kappa shape index (κ3) is 3.32. The van der Waals surface area contributed by atoms with E-state index in [2.05, 4.69) is 39.8 Å². The van der Waals surface area contributed by atoms with Crippen LogP contribution in [0.3, 0.4) is 0 Å². The van der Waals surface area contributed by atoms with Gasteiger partial charge in [-0.1, -0.05) is 30.3 Å². The molecule has 6 nitrogen and oxygen atoms in total. The SMILES string of the molecule is Cc1cc(/C=N\n2cnnc2-c2ccccc2)c(C)n1C[C@@H]1CCCO1. The minimum atomic E-state index is 0.326. The van der Waals surface area contributed by atoms with Gasteiger partial charge in [0.2, 0.25) is 0 Å². The van der Waals surface area contributed by atoms with E-state index in [9.17, 15) is 0 Å². The van der Waals surface area contributed by atoms with E-state index in [1.54, 1.807) is 11.0 Å². The molecular weight excluding hydrogens is 326 g/mol. The topological polar surface area (TPSA) is 57.2 Å². The summed E-state index contributed by atoms with van der Waals surface area (Å²) in [4.78, 5) is 0. The average Bonchev–Trinajstić information content (AvgIpc) is 3.39. The van der Waals surface area contributed by atoms with Crippen LogP contribution in [0.5, 0.6) is 0 Å². The molecule has 0 bridgehead atoms. The van der Waals surface area contributed by atoms with E-state index in [4.69, 9.17) is 4.74 Å². The van der Waals surface area contributed by atoms with Crippen molar-refractivity contribution in [2.24, 2.45) is 5.10 Å². The van der Waals surface area contributed by atoms with Crippen LogP contribution in [0, 0.1) is 13.8 Å². The van der Waals surface area contributed by atoms with Crippen LogP contribution in [0.2, 0.25) is 0 Å². The second kappa shape index (κ2) is 7.25. The number of hydrogen-bond acceptors (Lipinski definition) is 4. The lowest BCUT2D eigenvalue weighted by Crippen LogP contribution is -2.16. The summed E-state index contributed by atoms with van der Waals surface area (Å²) >= 11 is 0. The van der Waals surface area contributed by atoms with Crippen LogP contribution < -0.4 is 0 Å². The molecule has 3 aromatic rings. The molecule has 1 aromatic carbocycles. The normalized spacial score (nSPS) is 17.4. The number of ether oxygens (including phenoxy) is 1. The molecule has 0 amide bonds. The Morgan fingerprint density at radius 3 is 2.88 bits per heavy atom. The molecule has 4 rings (SSSR count). The molecule has 0 saturated carbocycles. The molecule has 1 atom stereocenters. The Morgan fingerprint density at radius 1 is 1.27 bits per heavy atom. The Morgan fingerprint density at radius 2 is 2.12 bits per heavy atom. The zero-order valence-electron chi connectivity index (χ0n) is 15.2. The minimum absolute atomic E-state index is 0.326. The van der Waals surface area contributed by atoms with Crippen LogP contribution in [-0.2, 0) is 11.3 Å². The van der Waals surface area contributed by atoms with Gasteiger partial charge in [0, 0.05) is 35.7 Å². The van der Waals surface area contributed by atoms with Gasteiger partial charge in [0.25, 0.3) is 0 Å². The van der Waals surface area contributed by atoms with Crippen molar-refractivity contribution in [2.75, 3.05) is 6.61 Å². The van der Waals surface area contributed by atoms with Gasteiger partial charge in [-0.2, -0.15) is 9.78 Å². The van der Waals surface area contributed by atoms with E-state index in [-0.39, 0.29) is 0 Å². The molecule has 1 aliphatic rings. The maximum Gasteiger partial charge on any atom is 0.184 e. The maximum absolute atomic E-state index is 5.78. The third-order valence-corrected chi connectivity index (χ3v) is 4.91. The first-order valence-electron chi connectivity index (χ1n) is 9.00. The second-order valence-electron chi connectivity index (χ2n) is 6.68. The first kappa shape index (κ1) is 16.7. The van der Waals surface area contributed by atoms with Crippen molar-refractivity contribution in [2.45, 2.75) is 39.3 Å². The Bertz CT molecular complexity index is 904. The smallest absolute Gasteiger partial charge is 0.184 e. The van der Waals surface area contributed by atoms with E-state index >= 15 is 0 Å². The van der Waals surface area contributed by atoms with Crippen LogP contribution in [0.4, 0.5) is 0 Å². The zero-order valence-corrected chi connectivity index (χ0v) is 15.2. The molecule has 1 fully saturated rings. The highest BCUT2D eigenvalue weighted by molar-refractivity contribution is 5.81. The molecule has 134 valence electrons. The Hall–Kier alpha value is -2.73. The van der Waals surface area contributed by atoms with Crippen molar-refractivity contribution in [3.05, 3.63) is 59.7 Å². The summed E-state index contributed by atoms with van der Waals surface area (Å²) in [6.45, 7) is 6.06. The van der Waals surface area contributed by atoms with Gasteiger partial charge in [-0.3, -0.25) is 0 Å². The van der Waals surface area contributed by atoms with E-state index in [0.29, 0.717) is 6.10 Å². The fourth-order valence-corrected chi connectivity index (χ4v) is 3.45. The number of rotatable bonds is 5. The van der Waals surface area contributed by atoms with Gasteiger partial charge in [-0.25, -0.2) is 0 Å². The van der Waals surface area contributed by atoms with Crippen LogP contribution >= 0.6 is 0 Å². The van der Waals surface area contributed by atoms with E-state index < -0.39 is 0 Å². The number of hydrogen-bond donors (Lipinski definition) is 0. The van der Waals surface area contributed by atoms with Gasteiger partial charge in [-0.15, -0.1) is 10.2 Å². The molecule has 0 unspecified atom stereocenters. The molecule has 2 aromatic heterocycles. The summed E-state index contributed by atoms with van der Waals surface area (Å²) < 4.78 is 9.82. The fraction of sp³-hybridized carbons (Fsp3) is 0.350. The minimum Gasteiger partial charge on any atom is -0.376 e. The van der Waals surface area contributed by atoms with Crippen LogP contribution in [0.15, 0.2) is 47.8 Å². The number of nitrogens with zero attached hydrogens (tertiary/aromatic N) is 5.